The molecule has 10 heteroatoms. The van der Waals surface area contributed by atoms with Crippen molar-refractivity contribution >= 4 is 41.2 Å². The molecule has 38 heavy (non-hydrogen) atoms. The van der Waals surface area contributed by atoms with Gasteiger partial charge in [-0.25, -0.2) is 9.69 Å². The minimum Gasteiger partial charge on any atom is -0.490 e. The fourth-order valence-electron chi connectivity index (χ4n) is 4.00. The Labute approximate surface area is 223 Å². The molecule has 1 fully saturated rings. The van der Waals surface area contributed by atoms with Gasteiger partial charge in [0, 0.05) is 6.07 Å². The van der Waals surface area contributed by atoms with E-state index in [0.717, 1.165) is 16.0 Å². The van der Waals surface area contributed by atoms with Gasteiger partial charge in [-0.05, 0) is 55.3 Å². The monoisotopic (exact) mass is 534 g/mol. The number of benzene rings is 3. The second kappa shape index (κ2) is 10.5. The predicted octanol–water partition coefficient (Wildman–Crippen LogP) is 5.02. The van der Waals surface area contributed by atoms with E-state index in [1.54, 1.807) is 18.2 Å². The van der Waals surface area contributed by atoms with Gasteiger partial charge >= 0.3 is 6.03 Å². The van der Waals surface area contributed by atoms with Crippen molar-refractivity contribution in [1.29, 1.82) is 0 Å². The van der Waals surface area contributed by atoms with Crippen LogP contribution in [0.15, 0.2) is 60.2 Å². The molecule has 0 aromatic heterocycles. The summed E-state index contributed by atoms with van der Waals surface area (Å²) in [6.45, 7) is 4.46. The normalized spacial score (nSPS) is 15.6. The number of anilines is 1. The third-order valence-corrected chi connectivity index (χ3v) is 6.14. The van der Waals surface area contributed by atoms with Crippen LogP contribution in [0.3, 0.4) is 0 Å². The second-order valence-electron chi connectivity index (χ2n) is 8.53. The minimum absolute atomic E-state index is 0.0379. The largest absolute Gasteiger partial charge is 0.490 e. The summed E-state index contributed by atoms with van der Waals surface area (Å²) < 4.78 is 22.3. The number of amides is 4. The summed E-state index contributed by atoms with van der Waals surface area (Å²) in [6, 6.07) is 14.8. The number of ether oxygens (including phenoxy) is 4. The Kier molecular flexibility index (Phi) is 6.93. The van der Waals surface area contributed by atoms with E-state index in [4.69, 9.17) is 30.5 Å². The highest BCUT2D eigenvalue weighted by Crippen LogP contribution is 2.39. The maximum Gasteiger partial charge on any atom is 0.335 e. The Morgan fingerprint density at radius 2 is 1.76 bits per heavy atom. The van der Waals surface area contributed by atoms with Crippen LogP contribution in [0, 0.1) is 6.92 Å². The van der Waals surface area contributed by atoms with Crippen LogP contribution in [0.4, 0.5) is 10.5 Å². The SMILES string of the molecule is CCOc1cc(/C=C2\C(=O)NC(=O)N(c3ccc4c(c3)OCO4)C2=O)cc(Cl)c1OCc1ccc(C)cc1. The average Bonchev–Trinajstić information content (AvgIpc) is 3.35. The molecule has 3 aromatic carbocycles. The molecule has 194 valence electrons. The predicted molar refractivity (Wildman–Crippen MR) is 140 cm³/mol. The number of carbonyl (C=O) groups excluding carboxylic acids is 3. The zero-order chi connectivity index (χ0) is 26.8. The number of imide groups is 2. The van der Waals surface area contributed by atoms with E-state index in [0.29, 0.717) is 35.2 Å². The number of nitrogens with zero attached hydrogens (tertiary/aromatic N) is 1. The molecular weight excluding hydrogens is 512 g/mol. The van der Waals surface area contributed by atoms with E-state index < -0.39 is 17.8 Å². The first-order chi connectivity index (χ1) is 18.3. The van der Waals surface area contributed by atoms with Crippen LogP contribution < -0.4 is 29.2 Å². The molecule has 0 atom stereocenters. The fraction of sp³-hybridized carbons (Fsp3) is 0.179. The quantitative estimate of drug-likeness (QED) is 0.335. The van der Waals surface area contributed by atoms with E-state index >= 15 is 0 Å². The van der Waals surface area contributed by atoms with Gasteiger partial charge < -0.3 is 18.9 Å². The van der Waals surface area contributed by atoms with Gasteiger partial charge in [-0.2, -0.15) is 0 Å². The van der Waals surface area contributed by atoms with E-state index in [-0.39, 0.29) is 29.7 Å². The van der Waals surface area contributed by atoms with E-state index in [1.165, 1.54) is 18.2 Å². The number of urea groups is 1. The van der Waals surface area contributed by atoms with Gasteiger partial charge in [0.15, 0.2) is 23.0 Å². The number of halogens is 1. The van der Waals surface area contributed by atoms with Crippen molar-refractivity contribution in [2.45, 2.75) is 20.5 Å². The van der Waals surface area contributed by atoms with E-state index in [2.05, 4.69) is 5.32 Å². The molecule has 5 rings (SSSR count). The maximum atomic E-state index is 13.3. The Morgan fingerprint density at radius 3 is 2.53 bits per heavy atom. The molecule has 3 aromatic rings. The third kappa shape index (κ3) is 5.01. The van der Waals surface area contributed by atoms with Crippen molar-refractivity contribution in [2.75, 3.05) is 18.3 Å². The molecule has 0 spiro atoms. The molecule has 0 saturated carbocycles. The van der Waals surface area contributed by atoms with Crippen LogP contribution in [0.5, 0.6) is 23.0 Å². The summed E-state index contributed by atoms with van der Waals surface area (Å²) in [4.78, 5) is 39.4. The number of carbonyl (C=O) groups is 3. The van der Waals surface area contributed by atoms with Crippen LogP contribution in [0.1, 0.15) is 23.6 Å². The molecule has 1 saturated heterocycles. The number of nitrogens with one attached hydrogen (secondary N) is 1. The van der Waals surface area contributed by atoms with Crippen molar-refractivity contribution in [1.82, 2.24) is 5.32 Å². The van der Waals surface area contributed by atoms with Gasteiger partial charge in [-0.15, -0.1) is 0 Å². The van der Waals surface area contributed by atoms with Crippen molar-refractivity contribution in [3.05, 3.63) is 81.9 Å². The molecule has 0 bridgehead atoms. The van der Waals surface area contributed by atoms with Crippen LogP contribution >= 0.6 is 11.6 Å². The second-order valence-corrected chi connectivity index (χ2v) is 8.94. The molecule has 9 nitrogen and oxygen atoms in total. The molecule has 2 aliphatic rings. The van der Waals surface area contributed by atoms with Crippen molar-refractivity contribution in [3.63, 3.8) is 0 Å². The lowest BCUT2D eigenvalue weighted by Gasteiger charge is -2.26. The molecule has 4 amide bonds. The van der Waals surface area contributed by atoms with Crippen LogP contribution in [0.2, 0.25) is 5.02 Å². The lowest BCUT2D eigenvalue weighted by atomic mass is 10.1. The average molecular weight is 535 g/mol. The minimum atomic E-state index is -0.871. The first-order valence-electron chi connectivity index (χ1n) is 11.8. The highest BCUT2D eigenvalue weighted by Gasteiger charge is 2.37. The summed E-state index contributed by atoms with van der Waals surface area (Å²) in [5, 5.41) is 2.44. The van der Waals surface area contributed by atoms with Crippen LogP contribution in [-0.2, 0) is 16.2 Å². The number of hydrogen-bond donors (Lipinski definition) is 1. The van der Waals surface area contributed by atoms with Crippen molar-refractivity contribution in [2.24, 2.45) is 0 Å². The molecular formula is C28H23ClN2O7. The van der Waals surface area contributed by atoms with Crippen molar-refractivity contribution < 1.29 is 33.3 Å². The molecule has 0 aliphatic carbocycles. The van der Waals surface area contributed by atoms with Crippen LogP contribution in [0.25, 0.3) is 6.08 Å². The first-order valence-corrected chi connectivity index (χ1v) is 12.2. The highest BCUT2D eigenvalue weighted by molar-refractivity contribution is 6.39. The van der Waals surface area contributed by atoms with E-state index in [9.17, 15) is 14.4 Å². The Balaban J connectivity index is 1.44. The lowest BCUT2D eigenvalue weighted by Crippen LogP contribution is -2.54. The summed E-state index contributed by atoms with van der Waals surface area (Å²) in [5.41, 5.74) is 2.48. The Morgan fingerprint density at radius 1 is 1.00 bits per heavy atom. The van der Waals surface area contributed by atoms with Gasteiger partial charge in [0.05, 0.1) is 17.3 Å². The fourth-order valence-corrected chi connectivity index (χ4v) is 4.27. The van der Waals surface area contributed by atoms with Crippen LogP contribution in [-0.4, -0.2) is 31.2 Å². The number of hydrogen-bond acceptors (Lipinski definition) is 7. The Hall–Kier alpha value is -4.50. The topological polar surface area (TPSA) is 103 Å². The van der Waals surface area contributed by atoms with Gasteiger partial charge in [-0.1, -0.05) is 41.4 Å². The number of aryl methyl sites for hydroxylation is 1. The van der Waals surface area contributed by atoms with Gasteiger partial charge in [0.25, 0.3) is 11.8 Å². The van der Waals surface area contributed by atoms with Gasteiger partial charge in [-0.3, -0.25) is 14.9 Å². The first kappa shape index (κ1) is 25.2. The number of barbiturate groups is 1. The van der Waals surface area contributed by atoms with E-state index in [1.807, 2.05) is 38.1 Å². The zero-order valence-corrected chi connectivity index (χ0v) is 21.3. The third-order valence-electron chi connectivity index (χ3n) is 5.86. The standard InChI is InChI=1S/C28H23ClN2O7/c1-3-35-24-12-18(11-21(29)25(24)36-14-17-6-4-16(2)5-7-17)10-20-26(32)30-28(34)31(27(20)33)19-8-9-22-23(13-19)38-15-37-22/h4-13H,3,14-15H2,1-2H3,(H,30,32,34)/b20-10+. The summed E-state index contributed by atoms with van der Waals surface area (Å²) >= 11 is 6.54. The molecule has 0 unspecified atom stereocenters. The summed E-state index contributed by atoms with van der Waals surface area (Å²) in [7, 11) is 0. The zero-order valence-electron chi connectivity index (χ0n) is 20.6. The summed E-state index contributed by atoms with van der Waals surface area (Å²) in [6.07, 6.45) is 1.35. The number of fused-ring (bicyclic) bond motifs is 1. The summed E-state index contributed by atoms with van der Waals surface area (Å²) in [5.74, 6) is -0.0514. The smallest absolute Gasteiger partial charge is 0.335 e. The highest BCUT2D eigenvalue weighted by atomic mass is 35.5. The van der Waals surface area contributed by atoms with Crippen molar-refractivity contribution in [3.8, 4) is 23.0 Å². The molecule has 1 N–H and O–H groups in total. The molecule has 0 radical (unpaired) electrons. The molecule has 2 aliphatic heterocycles. The Bertz CT molecular complexity index is 1470. The number of rotatable bonds is 7. The van der Waals surface area contributed by atoms with Gasteiger partial charge in [0.2, 0.25) is 6.79 Å². The molecule has 2 heterocycles. The maximum absolute atomic E-state index is 13.3. The lowest BCUT2D eigenvalue weighted by molar-refractivity contribution is -0.122. The van der Waals surface area contributed by atoms with Gasteiger partial charge in [0.1, 0.15) is 12.2 Å².